The quantitative estimate of drug-likeness (QED) is 0.671. The van der Waals surface area contributed by atoms with Crippen molar-refractivity contribution in [3.63, 3.8) is 0 Å². The molecule has 0 bridgehead atoms. The summed E-state index contributed by atoms with van der Waals surface area (Å²) in [6.07, 6.45) is 5.35. The van der Waals surface area contributed by atoms with Gasteiger partial charge in [-0.25, -0.2) is 0 Å². The van der Waals surface area contributed by atoms with Crippen LogP contribution in [0.2, 0.25) is 0 Å². The molecule has 2 aromatic carbocycles. The Morgan fingerprint density at radius 2 is 1.64 bits per heavy atom. The van der Waals surface area contributed by atoms with Gasteiger partial charge in [0, 0.05) is 38.3 Å². The minimum Gasteiger partial charge on any atom is -0.496 e. The predicted octanol–water partition coefficient (Wildman–Crippen LogP) is 3.37. The molecule has 1 N–H and O–H groups in total. The summed E-state index contributed by atoms with van der Waals surface area (Å²) in [4.78, 5) is 30.4. The average molecular weight is 450 g/mol. The number of hydrogen-bond donors (Lipinski definition) is 1. The third-order valence-electron chi connectivity index (χ3n) is 7.02. The second-order valence-electron chi connectivity index (χ2n) is 9.04. The maximum absolute atomic E-state index is 13.3. The Balaban J connectivity index is 1.35. The summed E-state index contributed by atoms with van der Waals surface area (Å²) in [7, 11) is 1.68. The number of nitrogens with one attached hydrogen (secondary N) is 1. The van der Waals surface area contributed by atoms with Crippen LogP contribution in [0.5, 0.6) is 5.75 Å². The number of methoxy groups -OCH3 is 1. The second kappa shape index (κ2) is 11.3. The van der Waals surface area contributed by atoms with Crippen LogP contribution in [-0.2, 0) is 11.2 Å². The van der Waals surface area contributed by atoms with Crippen LogP contribution in [0.4, 0.5) is 0 Å². The van der Waals surface area contributed by atoms with Gasteiger partial charge >= 0.3 is 0 Å². The molecule has 1 atom stereocenters. The lowest BCUT2D eigenvalue weighted by Crippen LogP contribution is -2.58. The summed E-state index contributed by atoms with van der Waals surface area (Å²) in [6.45, 7) is 3.38. The van der Waals surface area contributed by atoms with Crippen molar-refractivity contribution in [2.75, 3.05) is 39.8 Å². The molecule has 176 valence electrons. The fraction of sp³-hybridized carbons (Fsp3) is 0.481. The van der Waals surface area contributed by atoms with Crippen molar-refractivity contribution in [3.05, 3.63) is 65.7 Å². The van der Waals surface area contributed by atoms with E-state index in [0.717, 1.165) is 49.2 Å². The largest absolute Gasteiger partial charge is 0.496 e. The highest BCUT2D eigenvalue weighted by Crippen LogP contribution is 2.31. The van der Waals surface area contributed by atoms with Crippen molar-refractivity contribution in [2.45, 2.75) is 38.1 Å². The monoisotopic (exact) mass is 449 g/mol. The standard InChI is InChI=1S/C27H35N3O3/c1-33-24-14-8-7-9-21(24)15-16-28-26(31)25(22-10-5-6-11-22)29-17-19-30(20-18-29)27(32)23-12-3-2-4-13-23/h2-4,7-9,12-14,22,25H,5-6,10-11,15-20H2,1H3,(H,28,31)/t25-/m0/s1. The summed E-state index contributed by atoms with van der Waals surface area (Å²) in [5.74, 6) is 1.46. The van der Waals surface area contributed by atoms with Gasteiger partial charge in [0.1, 0.15) is 5.75 Å². The third kappa shape index (κ3) is 5.74. The molecule has 6 heteroatoms. The van der Waals surface area contributed by atoms with Crippen molar-refractivity contribution in [1.82, 2.24) is 15.1 Å². The van der Waals surface area contributed by atoms with E-state index in [2.05, 4.69) is 10.2 Å². The number of hydrogen-bond acceptors (Lipinski definition) is 4. The molecule has 2 fully saturated rings. The predicted molar refractivity (Wildman–Crippen MR) is 129 cm³/mol. The molecule has 0 radical (unpaired) electrons. The SMILES string of the molecule is COc1ccccc1CCNC(=O)[C@H](C1CCCC1)N1CCN(C(=O)c2ccccc2)CC1. The molecular weight excluding hydrogens is 414 g/mol. The van der Waals surface area contributed by atoms with Crippen LogP contribution in [0, 0.1) is 5.92 Å². The van der Waals surface area contributed by atoms with Crippen LogP contribution in [0.1, 0.15) is 41.6 Å². The van der Waals surface area contributed by atoms with Crippen LogP contribution in [0.15, 0.2) is 54.6 Å². The first kappa shape index (κ1) is 23.3. The second-order valence-corrected chi connectivity index (χ2v) is 9.04. The molecule has 2 amide bonds. The van der Waals surface area contributed by atoms with Gasteiger partial charge in [0.15, 0.2) is 0 Å². The number of amides is 2. The number of carbonyl (C=O) groups excluding carboxylic acids is 2. The average Bonchev–Trinajstić information content (AvgIpc) is 3.39. The summed E-state index contributed by atoms with van der Waals surface area (Å²) >= 11 is 0. The molecule has 4 rings (SSSR count). The Bertz CT molecular complexity index is 919. The van der Waals surface area contributed by atoms with Crippen LogP contribution in [0.3, 0.4) is 0 Å². The van der Waals surface area contributed by atoms with Gasteiger partial charge < -0.3 is 15.0 Å². The maximum atomic E-state index is 13.3. The first-order valence-electron chi connectivity index (χ1n) is 12.2. The zero-order valence-corrected chi connectivity index (χ0v) is 19.5. The Hall–Kier alpha value is -2.86. The van der Waals surface area contributed by atoms with Gasteiger partial charge in [0.2, 0.25) is 5.91 Å². The Morgan fingerprint density at radius 1 is 0.970 bits per heavy atom. The van der Waals surface area contributed by atoms with Gasteiger partial charge in [-0.2, -0.15) is 0 Å². The number of nitrogens with zero attached hydrogens (tertiary/aromatic N) is 2. The fourth-order valence-electron chi connectivity index (χ4n) is 5.25. The topological polar surface area (TPSA) is 61.9 Å². The van der Waals surface area contributed by atoms with E-state index in [-0.39, 0.29) is 17.9 Å². The number of benzene rings is 2. The number of carbonyl (C=O) groups is 2. The summed E-state index contributed by atoms with van der Waals surface area (Å²) in [6, 6.07) is 17.3. The van der Waals surface area contributed by atoms with E-state index >= 15 is 0 Å². The van der Waals surface area contributed by atoms with Gasteiger partial charge in [-0.1, -0.05) is 49.2 Å². The van der Waals surface area contributed by atoms with Gasteiger partial charge in [-0.15, -0.1) is 0 Å². The van der Waals surface area contributed by atoms with E-state index in [0.29, 0.717) is 25.6 Å². The molecule has 1 aliphatic carbocycles. The Morgan fingerprint density at radius 3 is 2.33 bits per heavy atom. The van der Waals surface area contributed by atoms with E-state index in [4.69, 9.17) is 4.74 Å². The molecule has 1 saturated heterocycles. The van der Waals surface area contributed by atoms with Crippen LogP contribution < -0.4 is 10.1 Å². The van der Waals surface area contributed by atoms with Crippen molar-refractivity contribution >= 4 is 11.8 Å². The van der Waals surface area contributed by atoms with Crippen molar-refractivity contribution in [3.8, 4) is 5.75 Å². The van der Waals surface area contributed by atoms with E-state index in [1.165, 1.54) is 12.8 Å². The van der Waals surface area contributed by atoms with E-state index in [1.807, 2.05) is 59.5 Å². The maximum Gasteiger partial charge on any atom is 0.253 e. The molecule has 33 heavy (non-hydrogen) atoms. The van der Waals surface area contributed by atoms with Crippen molar-refractivity contribution in [1.29, 1.82) is 0 Å². The van der Waals surface area contributed by atoms with Crippen LogP contribution >= 0.6 is 0 Å². The zero-order chi connectivity index (χ0) is 23.0. The van der Waals surface area contributed by atoms with Gasteiger partial charge in [-0.05, 0) is 48.9 Å². The highest BCUT2D eigenvalue weighted by atomic mass is 16.5. The fourth-order valence-corrected chi connectivity index (χ4v) is 5.25. The molecular formula is C27H35N3O3. The Kier molecular flexibility index (Phi) is 8.00. The number of rotatable bonds is 8. The minimum absolute atomic E-state index is 0.0777. The molecule has 6 nitrogen and oxygen atoms in total. The number of piperazine rings is 1. The third-order valence-corrected chi connectivity index (χ3v) is 7.02. The smallest absolute Gasteiger partial charge is 0.253 e. The van der Waals surface area contributed by atoms with E-state index < -0.39 is 0 Å². The van der Waals surface area contributed by atoms with Crippen molar-refractivity contribution < 1.29 is 14.3 Å². The lowest BCUT2D eigenvalue weighted by Gasteiger charge is -2.40. The summed E-state index contributed by atoms with van der Waals surface area (Å²) < 4.78 is 5.43. The minimum atomic E-state index is -0.112. The molecule has 2 aromatic rings. The molecule has 0 unspecified atom stereocenters. The van der Waals surface area contributed by atoms with Gasteiger partial charge in [0.05, 0.1) is 13.2 Å². The van der Waals surface area contributed by atoms with Gasteiger partial charge in [-0.3, -0.25) is 14.5 Å². The zero-order valence-electron chi connectivity index (χ0n) is 19.5. The Labute approximate surface area is 196 Å². The van der Waals surface area contributed by atoms with Crippen molar-refractivity contribution in [2.24, 2.45) is 5.92 Å². The van der Waals surface area contributed by atoms with E-state index in [9.17, 15) is 9.59 Å². The van der Waals surface area contributed by atoms with Crippen LogP contribution in [-0.4, -0.2) is 67.5 Å². The summed E-state index contributed by atoms with van der Waals surface area (Å²) in [5.41, 5.74) is 1.83. The highest BCUT2D eigenvalue weighted by Gasteiger charge is 2.37. The lowest BCUT2D eigenvalue weighted by atomic mass is 9.94. The molecule has 1 saturated carbocycles. The summed E-state index contributed by atoms with van der Waals surface area (Å²) in [5, 5.41) is 3.20. The molecule has 0 aromatic heterocycles. The van der Waals surface area contributed by atoms with E-state index in [1.54, 1.807) is 7.11 Å². The first-order chi connectivity index (χ1) is 16.2. The normalized spacial score (nSPS) is 18.2. The highest BCUT2D eigenvalue weighted by molar-refractivity contribution is 5.94. The van der Waals surface area contributed by atoms with Crippen LogP contribution in [0.25, 0.3) is 0 Å². The van der Waals surface area contributed by atoms with Gasteiger partial charge in [0.25, 0.3) is 5.91 Å². The first-order valence-corrected chi connectivity index (χ1v) is 12.2. The number of ether oxygens (including phenoxy) is 1. The molecule has 0 spiro atoms. The molecule has 1 aliphatic heterocycles. The number of para-hydroxylation sites is 1. The molecule has 2 aliphatic rings. The molecule has 1 heterocycles. The lowest BCUT2D eigenvalue weighted by molar-refractivity contribution is -0.129.